The predicted octanol–water partition coefficient (Wildman–Crippen LogP) is 1.78. The van der Waals surface area contributed by atoms with Crippen LogP contribution in [0.15, 0.2) is 24.5 Å². The molecule has 1 aliphatic carbocycles. The lowest BCUT2D eigenvalue weighted by Crippen LogP contribution is -2.55. The zero-order chi connectivity index (χ0) is 17.5. The van der Waals surface area contributed by atoms with Gasteiger partial charge in [-0.05, 0) is 43.7 Å². The SMILES string of the molecule is O=C1CC[C@]2(CCCN(S(=O)(=O)C3CC3)C2)CN1Cc1cccnc1. The highest BCUT2D eigenvalue weighted by atomic mass is 32.2. The minimum absolute atomic E-state index is 0.0870. The highest BCUT2D eigenvalue weighted by Crippen LogP contribution is 2.42. The molecule has 2 aliphatic heterocycles. The van der Waals surface area contributed by atoms with Crippen LogP contribution in [0, 0.1) is 5.41 Å². The summed E-state index contributed by atoms with van der Waals surface area (Å²) in [5, 5.41) is -0.153. The maximum Gasteiger partial charge on any atom is 0.222 e. The van der Waals surface area contributed by atoms with Crippen LogP contribution in [0.5, 0.6) is 0 Å². The summed E-state index contributed by atoms with van der Waals surface area (Å²) in [4.78, 5) is 18.4. The number of pyridine rings is 1. The normalized spacial score (nSPS) is 28.5. The number of aromatic nitrogens is 1. The summed E-state index contributed by atoms with van der Waals surface area (Å²) >= 11 is 0. The molecule has 0 aromatic carbocycles. The molecule has 7 heteroatoms. The molecule has 0 bridgehead atoms. The molecule has 3 heterocycles. The third-order valence-corrected chi connectivity index (χ3v) is 8.12. The molecule has 25 heavy (non-hydrogen) atoms. The summed E-state index contributed by atoms with van der Waals surface area (Å²) < 4.78 is 27.0. The van der Waals surface area contributed by atoms with E-state index in [0.717, 1.165) is 37.7 Å². The summed E-state index contributed by atoms with van der Waals surface area (Å²) in [6, 6.07) is 3.86. The lowest BCUT2D eigenvalue weighted by Gasteiger charge is -2.47. The number of piperidine rings is 2. The second-order valence-corrected chi connectivity index (χ2v) is 10.0. The Balaban J connectivity index is 1.50. The third-order valence-electron chi connectivity index (χ3n) is 5.78. The van der Waals surface area contributed by atoms with Gasteiger partial charge in [-0.1, -0.05) is 6.07 Å². The summed E-state index contributed by atoms with van der Waals surface area (Å²) in [7, 11) is -3.13. The molecule has 0 radical (unpaired) electrons. The number of hydrogen-bond donors (Lipinski definition) is 0. The first-order valence-corrected chi connectivity index (χ1v) is 10.6. The Morgan fingerprint density at radius 1 is 1.24 bits per heavy atom. The van der Waals surface area contributed by atoms with Gasteiger partial charge in [0, 0.05) is 50.4 Å². The van der Waals surface area contributed by atoms with E-state index in [1.54, 1.807) is 16.7 Å². The number of sulfonamides is 1. The van der Waals surface area contributed by atoms with Gasteiger partial charge in [-0.2, -0.15) is 0 Å². The zero-order valence-corrected chi connectivity index (χ0v) is 15.2. The van der Waals surface area contributed by atoms with Gasteiger partial charge >= 0.3 is 0 Å². The molecule has 136 valence electrons. The summed E-state index contributed by atoms with van der Waals surface area (Å²) in [5.74, 6) is 0.164. The van der Waals surface area contributed by atoms with E-state index < -0.39 is 10.0 Å². The highest BCUT2D eigenvalue weighted by molar-refractivity contribution is 7.90. The van der Waals surface area contributed by atoms with Gasteiger partial charge in [-0.3, -0.25) is 9.78 Å². The van der Waals surface area contributed by atoms with Crippen LogP contribution >= 0.6 is 0 Å². The van der Waals surface area contributed by atoms with Gasteiger partial charge in [0.2, 0.25) is 15.9 Å². The minimum atomic E-state index is -3.13. The van der Waals surface area contributed by atoms with E-state index in [0.29, 0.717) is 32.6 Å². The van der Waals surface area contributed by atoms with E-state index in [-0.39, 0.29) is 16.6 Å². The molecular weight excluding hydrogens is 338 g/mol. The molecule has 2 saturated heterocycles. The van der Waals surface area contributed by atoms with Crippen molar-refractivity contribution in [3.63, 3.8) is 0 Å². The molecule has 0 N–H and O–H groups in total. The molecule has 1 aromatic rings. The molecule has 4 rings (SSSR count). The Hall–Kier alpha value is -1.47. The number of likely N-dealkylation sites (tertiary alicyclic amines) is 1. The van der Waals surface area contributed by atoms with Gasteiger partial charge in [0.05, 0.1) is 5.25 Å². The molecule has 1 amide bonds. The van der Waals surface area contributed by atoms with E-state index in [1.165, 1.54) is 0 Å². The monoisotopic (exact) mass is 363 g/mol. The van der Waals surface area contributed by atoms with Crippen molar-refractivity contribution in [2.45, 2.75) is 50.3 Å². The Kier molecular flexibility index (Phi) is 4.32. The van der Waals surface area contributed by atoms with Crippen LogP contribution in [-0.2, 0) is 21.4 Å². The minimum Gasteiger partial charge on any atom is -0.338 e. The average molecular weight is 363 g/mol. The van der Waals surface area contributed by atoms with Crippen molar-refractivity contribution >= 4 is 15.9 Å². The van der Waals surface area contributed by atoms with E-state index in [9.17, 15) is 13.2 Å². The van der Waals surface area contributed by atoms with Crippen LogP contribution in [0.25, 0.3) is 0 Å². The Morgan fingerprint density at radius 2 is 2.08 bits per heavy atom. The Bertz CT molecular complexity index is 748. The standard InChI is InChI=1S/C18H25N3O3S/c22-17-6-8-18(13-20(17)12-15-3-1-9-19-11-15)7-2-10-21(14-18)25(23,24)16-4-5-16/h1,3,9,11,16H,2,4-8,10,12-14H2/t18-/m1/s1. The summed E-state index contributed by atoms with van der Waals surface area (Å²) in [6.45, 7) is 2.42. The first-order chi connectivity index (χ1) is 12.0. The second kappa shape index (κ2) is 6.36. The first kappa shape index (κ1) is 17.0. The van der Waals surface area contributed by atoms with Crippen molar-refractivity contribution in [3.8, 4) is 0 Å². The molecule has 0 unspecified atom stereocenters. The quantitative estimate of drug-likeness (QED) is 0.818. The van der Waals surface area contributed by atoms with Crippen LogP contribution in [0.4, 0.5) is 0 Å². The van der Waals surface area contributed by atoms with E-state index in [4.69, 9.17) is 0 Å². The summed E-state index contributed by atoms with van der Waals surface area (Å²) in [5.41, 5.74) is 0.933. The van der Waals surface area contributed by atoms with Gasteiger partial charge in [0.15, 0.2) is 0 Å². The molecular formula is C18H25N3O3S. The average Bonchev–Trinajstić information content (AvgIpc) is 3.45. The number of rotatable bonds is 4. The van der Waals surface area contributed by atoms with Crippen LogP contribution in [0.2, 0.25) is 0 Å². The van der Waals surface area contributed by atoms with Crippen molar-refractivity contribution in [2.24, 2.45) is 5.41 Å². The Labute approximate surface area is 149 Å². The van der Waals surface area contributed by atoms with Crippen molar-refractivity contribution in [2.75, 3.05) is 19.6 Å². The van der Waals surface area contributed by atoms with Crippen molar-refractivity contribution in [3.05, 3.63) is 30.1 Å². The van der Waals surface area contributed by atoms with Crippen molar-refractivity contribution < 1.29 is 13.2 Å². The lowest BCUT2D eigenvalue weighted by atomic mass is 9.74. The Morgan fingerprint density at radius 3 is 2.80 bits per heavy atom. The maximum absolute atomic E-state index is 12.6. The van der Waals surface area contributed by atoms with Gasteiger partial charge < -0.3 is 4.90 Å². The zero-order valence-electron chi connectivity index (χ0n) is 14.4. The largest absolute Gasteiger partial charge is 0.338 e. The van der Waals surface area contributed by atoms with Crippen LogP contribution in [0.3, 0.4) is 0 Å². The molecule has 3 fully saturated rings. The number of carbonyl (C=O) groups is 1. The molecule has 3 aliphatic rings. The maximum atomic E-state index is 12.6. The van der Waals surface area contributed by atoms with Crippen molar-refractivity contribution in [1.82, 2.24) is 14.2 Å². The van der Waals surface area contributed by atoms with Gasteiger partial charge in [-0.25, -0.2) is 12.7 Å². The van der Waals surface area contributed by atoms with Gasteiger partial charge in [0.1, 0.15) is 0 Å². The fourth-order valence-corrected chi connectivity index (χ4v) is 6.24. The highest BCUT2D eigenvalue weighted by Gasteiger charge is 2.47. The fourth-order valence-electron chi connectivity index (χ4n) is 4.25. The van der Waals surface area contributed by atoms with Crippen LogP contribution < -0.4 is 0 Å². The molecule has 1 aromatic heterocycles. The molecule has 1 saturated carbocycles. The second-order valence-electron chi connectivity index (χ2n) is 7.79. The van der Waals surface area contributed by atoms with E-state index in [2.05, 4.69) is 4.98 Å². The number of nitrogens with zero attached hydrogens (tertiary/aromatic N) is 3. The molecule has 1 atom stereocenters. The molecule has 6 nitrogen and oxygen atoms in total. The van der Waals surface area contributed by atoms with Crippen LogP contribution in [0.1, 0.15) is 44.1 Å². The lowest BCUT2D eigenvalue weighted by molar-refractivity contribution is -0.139. The van der Waals surface area contributed by atoms with E-state index >= 15 is 0 Å². The third kappa shape index (κ3) is 3.44. The molecule has 1 spiro atoms. The summed E-state index contributed by atoms with van der Waals surface area (Å²) in [6.07, 6.45) is 8.32. The van der Waals surface area contributed by atoms with Gasteiger partial charge in [0.25, 0.3) is 0 Å². The van der Waals surface area contributed by atoms with E-state index in [1.807, 2.05) is 17.0 Å². The smallest absolute Gasteiger partial charge is 0.222 e. The number of amides is 1. The van der Waals surface area contributed by atoms with Crippen molar-refractivity contribution in [1.29, 1.82) is 0 Å². The predicted molar refractivity (Wildman–Crippen MR) is 94.1 cm³/mol. The first-order valence-electron chi connectivity index (χ1n) is 9.14. The number of carbonyl (C=O) groups excluding carboxylic acids is 1. The number of hydrogen-bond acceptors (Lipinski definition) is 4. The fraction of sp³-hybridized carbons (Fsp3) is 0.667. The topological polar surface area (TPSA) is 70.6 Å². The van der Waals surface area contributed by atoms with Gasteiger partial charge in [-0.15, -0.1) is 0 Å². The van der Waals surface area contributed by atoms with Crippen LogP contribution in [-0.4, -0.2) is 53.4 Å².